The monoisotopic (exact) mass is 256 g/mol. The van der Waals surface area contributed by atoms with Gasteiger partial charge >= 0.3 is 0 Å². The van der Waals surface area contributed by atoms with E-state index in [9.17, 15) is 0 Å². The number of anilines is 1. The minimum atomic E-state index is 0.572. The largest absolute Gasteiger partial charge is 0.439 e. The first-order valence-electron chi connectivity index (χ1n) is 6.61. The minimum absolute atomic E-state index is 0.572. The number of nitrogen functional groups attached to an aromatic ring is 1. The molecule has 0 aliphatic carbocycles. The van der Waals surface area contributed by atoms with Crippen molar-refractivity contribution in [3.8, 4) is 11.6 Å². The third-order valence-electron chi connectivity index (χ3n) is 3.39. The third kappa shape index (κ3) is 3.25. The summed E-state index contributed by atoms with van der Waals surface area (Å²) >= 11 is 0. The molecule has 1 aromatic heterocycles. The molecule has 0 aliphatic heterocycles. The normalized spacial score (nSPS) is 12.2. The molecule has 3 nitrogen and oxygen atoms in total. The first-order valence-corrected chi connectivity index (χ1v) is 6.61. The van der Waals surface area contributed by atoms with Gasteiger partial charge in [-0.3, -0.25) is 0 Å². The van der Waals surface area contributed by atoms with E-state index in [1.165, 1.54) is 5.56 Å². The average Bonchev–Trinajstić information content (AvgIpc) is 2.43. The Labute approximate surface area is 114 Å². The molecule has 2 rings (SSSR count). The Morgan fingerprint density at radius 2 is 1.84 bits per heavy atom. The van der Waals surface area contributed by atoms with E-state index in [1.807, 2.05) is 25.1 Å². The van der Waals surface area contributed by atoms with Crippen LogP contribution in [-0.4, -0.2) is 4.98 Å². The number of nitrogens with two attached hydrogens (primary N) is 1. The van der Waals surface area contributed by atoms with Crippen molar-refractivity contribution in [2.45, 2.75) is 33.1 Å². The highest BCUT2D eigenvalue weighted by Gasteiger charge is 2.04. The van der Waals surface area contributed by atoms with E-state index in [2.05, 4.69) is 31.0 Å². The molecule has 0 saturated heterocycles. The van der Waals surface area contributed by atoms with Crippen LogP contribution in [0.15, 0.2) is 36.4 Å². The molecule has 1 heterocycles. The van der Waals surface area contributed by atoms with Gasteiger partial charge in [0.1, 0.15) is 5.75 Å². The van der Waals surface area contributed by atoms with E-state index in [-0.39, 0.29) is 0 Å². The van der Waals surface area contributed by atoms with Crippen LogP contribution in [0.2, 0.25) is 0 Å². The van der Waals surface area contributed by atoms with Gasteiger partial charge in [-0.2, -0.15) is 0 Å². The maximum Gasteiger partial charge on any atom is 0.219 e. The number of benzene rings is 1. The molecule has 0 bridgehead atoms. The fourth-order valence-electron chi connectivity index (χ4n) is 1.83. The van der Waals surface area contributed by atoms with Crippen LogP contribution in [0, 0.1) is 6.92 Å². The van der Waals surface area contributed by atoms with Crippen molar-refractivity contribution in [2.24, 2.45) is 0 Å². The Kier molecular flexibility index (Phi) is 4.05. The van der Waals surface area contributed by atoms with Gasteiger partial charge in [0, 0.05) is 6.07 Å². The van der Waals surface area contributed by atoms with Crippen LogP contribution in [0.5, 0.6) is 11.6 Å². The molecule has 0 radical (unpaired) electrons. The number of pyridine rings is 1. The molecular weight excluding hydrogens is 236 g/mol. The second kappa shape index (κ2) is 5.74. The van der Waals surface area contributed by atoms with Gasteiger partial charge in [-0.1, -0.05) is 26.0 Å². The number of aromatic nitrogens is 1. The molecular formula is C16H20N2O. The highest BCUT2D eigenvalue weighted by molar-refractivity contribution is 5.44. The molecule has 0 spiro atoms. The molecule has 1 atom stereocenters. The Bertz CT molecular complexity index is 549. The number of aryl methyl sites for hydroxylation is 1. The van der Waals surface area contributed by atoms with Gasteiger partial charge in [0.05, 0.1) is 11.4 Å². The molecule has 19 heavy (non-hydrogen) atoms. The number of hydrogen-bond acceptors (Lipinski definition) is 3. The predicted molar refractivity (Wildman–Crippen MR) is 78.6 cm³/mol. The van der Waals surface area contributed by atoms with Crippen molar-refractivity contribution >= 4 is 5.69 Å². The van der Waals surface area contributed by atoms with Crippen LogP contribution in [-0.2, 0) is 0 Å². The number of ether oxygens (including phenoxy) is 1. The zero-order valence-corrected chi connectivity index (χ0v) is 11.7. The van der Waals surface area contributed by atoms with Crippen molar-refractivity contribution in [1.29, 1.82) is 0 Å². The molecule has 100 valence electrons. The summed E-state index contributed by atoms with van der Waals surface area (Å²) in [5.74, 6) is 1.94. The molecule has 1 unspecified atom stereocenters. The topological polar surface area (TPSA) is 48.1 Å². The van der Waals surface area contributed by atoms with Gasteiger partial charge in [0.15, 0.2) is 0 Å². The zero-order valence-electron chi connectivity index (χ0n) is 11.7. The molecule has 1 aromatic carbocycles. The fraction of sp³-hybridized carbons (Fsp3) is 0.312. The Morgan fingerprint density at radius 3 is 2.42 bits per heavy atom. The molecule has 2 aromatic rings. The highest BCUT2D eigenvalue weighted by atomic mass is 16.5. The van der Waals surface area contributed by atoms with Gasteiger partial charge in [-0.15, -0.1) is 0 Å². The lowest BCUT2D eigenvalue weighted by Gasteiger charge is -2.10. The second-order valence-electron chi connectivity index (χ2n) is 4.80. The summed E-state index contributed by atoms with van der Waals surface area (Å²) in [6, 6.07) is 11.8. The fourth-order valence-corrected chi connectivity index (χ4v) is 1.83. The van der Waals surface area contributed by atoms with Crippen molar-refractivity contribution in [2.75, 3.05) is 5.73 Å². The maximum atomic E-state index is 5.73. The first-order chi connectivity index (χ1) is 9.10. The van der Waals surface area contributed by atoms with Crippen molar-refractivity contribution in [3.05, 3.63) is 47.7 Å². The lowest BCUT2D eigenvalue weighted by molar-refractivity contribution is 0.461. The summed E-state index contributed by atoms with van der Waals surface area (Å²) < 4.78 is 5.72. The maximum absolute atomic E-state index is 5.73. The van der Waals surface area contributed by atoms with Crippen LogP contribution in [0.1, 0.15) is 37.4 Å². The van der Waals surface area contributed by atoms with Crippen molar-refractivity contribution < 1.29 is 4.74 Å². The number of hydrogen-bond donors (Lipinski definition) is 1. The Hall–Kier alpha value is -2.03. The Morgan fingerprint density at radius 1 is 1.16 bits per heavy atom. The van der Waals surface area contributed by atoms with E-state index in [1.54, 1.807) is 6.07 Å². The van der Waals surface area contributed by atoms with E-state index < -0.39 is 0 Å². The quantitative estimate of drug-likeness (QED) is 0.888. The molecule has 0 fully saturated rings. The standard InChI is InChI=1S/C16H20N2O/c1-4-11(2)13-5-7-14(8-6-13)19-16-10-9-15(17)12(3)18-16/h5-11H,4,17H2,1-3H3. The molecule has 0 aliphatic rings. The number of rotatable bonds is 4. The smallest absolute Gasteiger partial charge is 0.219 e. The average molecular weight is 256 g/mol. The van der Waals surface area contributed by atoms with E-state index in [4.69, 9.17) is 10.5 Å². The summed E-state index contributed by atoms with van der Waals surface area (Å²) in [6.45, 7) is 6.28. The van der Waals surface area contributed by atoms with E-state index in [0.717, 1.165) is 17.9 Å². The summed E-state index contributed by atoms with van der Waals surface area (Å²) in [5.41, 5.74) is 8.53. The van der Waals surface area contributed by atoms with E-state index >= 15 is 0 Å². The summed E-state index contributed by atoms with van der Waals surface area (Å²) in [4.78, 5) is 4.29. The van der Waals surface area contributed by atoms with Gasteiger partial charge in [0.2, 0.25) is 5.88 Å². The lowest BCUT2D eigenvalue weighted by Crippen LogP contribution is -1.95. The minimum Gasteiger partial charge on any atom is -0.439 e. The van der Waals surface area contributed by atoms with Crippen molar-refractivity contribution in [3.63, 3.8) is 0 Å². The van der Waals surface area contributed by atoms with Crippen LogP contribution in [0.4, 0.5) is 5.69 Å². The lowest BCUT2D eigenvalue weighted by atomic mass is 9.99. The summed E-state index contributed by atoms with van der Waals surface area (Å²) in [7, 11) is 0. The zero-order chi connectivity index (χ0) is 13.8. The molecule has 0 amide bonds. The van der Waals surface area contributed by atoms with E-state index in [0.29, 0.717) is 17.5 Å². The van der Waals surface area contributed by atoms with Crippen molar-refractivity contribution in [1.82, 2.24) is 4.98 Å². The summed E-state index contributed by atoms with van der Waals surface area (Å²) in [6.07, 6.45) is 1.14. The number of nitrogens with zero attached hydrogens (tertiary/aromatic N) is 1. The van der Waals surface area contributed by atoms with Gasteiger partial charge in [0.25, 0.3) is 0 Å². The van der Waals surface area contributed by atoms with Crippen LogP contribution in [0.25, 0.3) is 0 Å². The first kappa shape index (κ1) is 13.4. The highest BCUT2D eigenvalue weighted by Crippen LogP contribution is 2.25. The molecule has 0 saturated carbocycles. The van der Waals surface area contributed by atoms with Crippen LogP contribution in [0.3, 0.4) is 0 Å². The molecule has 3 heteroatoms. The third-order valence-corrected chi connectivity index (χ3v) is 3.39. The van der Waals surface area contributed by atoms with Crippen LogP contribution < -0.4 is 10.5 Å². The SMILES string of the molecule is CCC(C)c1ccc(Oc2ccc(N)c(C)n2)cc1. The van der Waals surface area contributed by atoms with Gasteiger partial charge in [-0.05, 0) is 43.0 Å². The molecule has 2 N–H and O–H groups in total. The van der Waals surface area contributed by atoms with Gasteiger partial charge < -0.3 is 10.5 Å². The predicted octanol–water partition coefficient (Wildman–Crippen LogP) is 4.28. The van der Waals surface area contributed by atoms with Gasteiger partial charge in [-0.25, -0.2) is 4.98 Å². The second-order valence-corrected chi connectivity index (χ2v) is 4.80. The Balaban J connectivity index is 2.12. The van der Waals surface area contributed by atoms with Crippen LogP contribution >= 0.6 is 0 Å². The summed E-state index contributed by atoms with van der Waals surface area (Å²) in [5, 5.41) is 0.